The van der Waals surface area contributed by atoms with Crippen molar-refractivity contribution in [2.45, 2.75) is 62.0 Å². The second-order valence-electron chi connectivity index (χ2n) is 14.0. The van der Waals surface area contributed by atoms with Crippen LogP contribution in [0.15, 0.2) is 99.6 Å². The minimum Gasteiger partial charge on any atom is -0.506 e. The summed E-state index contributed by atoms with van der Waals surface area (Å²) in [6.45, 7) is 3.83. The molecule has 0 bridgehead atoms. The molecule has 1 atom stereocenters. The molecule has 16 heteroatoms. The van der Waals surface area contributed by atoms with Gasteiger partial charge in [-0.15, -0.1) is 0 Å². The third-order valence-electron chi connectivity index (χ3n) is 9.84. The van der Waals surface area contributed by atoms with Crippen molar-refractivity contribution in [1.29, 1.82) is 0 Å². The molecule has 0 fully saturated rings. The largest absolute Gasteiger partial charge is 0.506 e. The number of pyridine rings is 2. The van der Waals surface area contributed by atoms with Crippen LogP contribution in [0.5, 0.6) is 11.5 Å². The fourth-order valence-corrected chi connectivity index (χ4v) is 8.16. The van der Waals surface area contributed by atoms with Crippen molar-refractivity contribution in [3.63, 3.8) is 0 Å². The number of primary amides is 1. The van der Waals surface area contributed by atoms with E-state index in [1.54, 1.807) is 37.3 Å². The topological polar surface area (TPSA) is 235 Å². The molecule has 2 aromatic heterocycles. The second kappa shape index (κ2) is 18.3. The lowest BCUT2D eigenvalue weighted by molar-refractivity contribution is 0.100. The third kappa shape index (κ3) is 9.56. The van der Waals surface area contributed by atoms with Crippen molar-refractivity contribution in [2.75, 3.05) is 30.9 Å². The molecule has 6 aromatic rings. The SMILES string of the molecule is CCCCCCOC(=O)NCc1cc(S(=O)(=O)c2cc(C)c3ncc(C(N)=O)c(Nc4cccc(OC)c4)c3c2)ccc1NC[C@H](O)c1ccc(O)c2[nH]c(=O)ccc12. The summed E-state index contributed by atoms with van der Waals surface area (Å²) in [5.74, 6) is -0.369. The van der Waals surface area contributed by atoms with Crippen molar-refractivity contribution in [3.05, 3.63) is 118 Å². The number of fused-ring (bicyclic) bond motifs is 2. The Morgan fingerprint density at radius 3 is 2.54 bits per heavy atom. The summed E-state index contributed by atoms with van der Waals surface area (Å²) in [7, 11) is -2.74. The molecule has 59 heavy (non-hydrogen) atoms. The number of anilines is 3. The van der Waals surface area contributed by atoms with Gasteiger partial charge in [-0.3, -0.25) is 14.6 Å². The van der Waals surface area contributed by atoms with Crippen LogP contribution in [0.25, 0.3) is 21.8 Å². The van der Waals surface area contributed by atoms with Crippen molar-refractivity contribution in [3.8, 4) is 11.5 Å². The van der Waals surface area contributed by atoms with E-state index in [4.69, 9.17) is 15.2 Å². The number of sulfone groups is 1. The van der Waals surface area contributed by atoms with Gasteiger partial charge in [0.15, 0.2) is 0 Å². The predicted molar refractivity (Wildman–Crippen MR) is 225 cm³/mol. The number of aliphatic hydroxyl groups excluding tert-OH is 1. The van der Waals surface area contributed by atoms with E-state index in [1.807, 2.05) is 0 Å². The number of methoxy groups -OCH3 is 1. The molecule has 0 saturated carbocycles. The van der Waals surface area contributed by atoms with E-state index in [-0.39, 0.29) is 52.0 Å². The van der Waals surface area contributed by atoms with Crippen LogP contribution in [0.1, 0.15) is 65.8 Å². The Bertz CT molecular complexity index is 2700. The van der Waals surface area contributed by atoms with Gasteiger partial charge in [-0.05, 0) is 84.6 Å². The lowest BCUT2D eigenvalue weighted by Gasteiger charge is -2.19. The van der Waals surface area contributed by atoms with E-state index in [2.05, 4.69) is 32.8 Å². The van der Waals surface area contributed by atoms with Crippen LogP contribution < -0.4 is 32.0 Å². The van der Waals surface area contributed by atoms with Gasteiger partial charge >= 0.3 is 6.09 Å². The number of nitrogens with one attached hydrogen (secondary N) is 4. The highest BCUT2D eigenvalue weighted by Gasteiger charge is 2.24. The summed E-state index contributed by atoms with van der Waals surface area (Å²) in [5, 5.41) is 31.4. The number of amides is 2. The molecule has 0 radical (unpaired) electrons. The molecule has 0 spiro atoms. The summed E-state index contributed by atoms with van der Waals surface area (Å²) in [5.41, 5.74) is 8.57. The molecule has 2 amide bonds. The Morgan fingerprint density at radius 2 is 1.78 bits per heavy atom. The maximum absolute atomic E-state index is 14.5. The fourth-order valence-electron chi connectivity index (χ4n) is 6.74. The highest BCUT2D eigenvalue weighted by molar-refractivity contribution is 7.91. The number of benzene rings is 4. The number of aromatic amines is 1. The summed E-state index contributed by atoms with van der Waals surface area (Å²) < 4.78 is 39.7. The number of hydrogen-bond donors (Lipinski definition) is 7. The number of carbonyl (C=O) groups excluding carboxylic acids is 2. The number of aryl methyl sites for hydroxylation is 1. The van der Waals surface area contributed by atoms with Crippen molar-refractivity contribution in [1.82, 2.24) is 15.3 Å². The Morgan fingerprint density at radius 1 is 0.966 bits per heavy atom. The molecular formula is C43H46N6O9S. The lowest BCUT2D eigenvalue weighted by atomic mass is 10.0. The average molecular weight is 823 g/mol. The number of rotatable bonds is 17. The van der Waals surface area contributed by atoms with Gasteiger partial charge in [0.1, 0.15) is 11.5 Å². The first-order valence-electron chi connectivity index (χ1n) is 19.0. The van der Waals surface area contributed by atoms with Gasteiger partial charge in [0.05, 0.1) is 51.9 Å². The van der Waals surface area contributed by atoms with Gasteiger partial charge in [-0.1, -0.05) is 38.3 Å². The number of aromatic nitrogens is 2. The molecule has 0 aliphatic carbocycles. The van der Waals surface area contributed by atoms with Gasteiger partial charge in [-0.25, -0.2) is 13.2 Å². The van der Waals surface area contributed by atoms with Crippen molar-refractivity contribution in [2.24, 2.45) is 5.73 Å². The Balaban J connectivity index is 1.35. The molecule has 0 saturated heterocycles. The number of nitrogens with zero attached hydrogens (tertiary/aromatic N) is 1. The van der Waals surface area contributed by atoms with Gasteiger partial charge in [0.25, 0.3) is 5.91 Å². The number of aromatic hydroxyl groups is 1. The molecule has 4 aromatic carbocycles. The van der Waals surface area contributed by atoms with Crippen LogP contribution in [0.3, 0.4) is 0 Å². The summed E-state index contributed by atoms with van der Waals surface area (Å²) >= 11 is 0. The van der Waals surface area contributed by atoms with Crippen LogP contribution in [0, 0.1) is 6.92 Å². The normalized spacial score (nSPS) is 11.9. The maximum atomic E-state index is 14.5. The highest BCUT2D eigenvalue weighted by atomic mass is 32.2. The molecule has 0 unspecified atom stereocenters. The number of phenolic OH excluding ortho intramolecular Hbond substituents is 1. The minimum absolute atomic E-state index is 0.0473. The monoisotopic (exact) mass is 822 g/mol. The maximum Gasteiger partial charge on any atom is 0.407 e. The number of nitrogens with two attached hydrogens (primary N) is 1. The van der Waals surface area contributed by atoms with Crippen molar-refractivity contribution < 1.29 is 37.7 Å². The first-order valence-corrected chi connectivity index (χ1v) is 20.5. The number of hydrogen-bond acceptors (Lipinski definition) is 12. The number of ether oxygens (including phenoxy) is 2. The first kappa shape index (κ1) is 42.0. The van der Waals surface area contributed by atoms with E-state index in [1.165, 1.54) is 61.8 Å². The van der Waals surface area contributed by atoms with Crippen LogP contribution >= 0.6 is 0 Å². The summed E-state index contributed by atoms with van der Waals surface area (Å²) in [6, 6.07) is 20.0. The van der Waals surface area contributed by atoms with Crippen molar-refractivity contribution >= 4 is 60.7 Å². The predicted octanol–water partition coefficient (Wildman–Crippen LogP) is 6.73. The van der Waals surface area contributed by atoms with E-state index >= 15 is 0 Å². The smallest absolute Gasteiger partial charge is 0.407 e. The zero-order valence-electron chi connectivity index (χ0n) is 32.8. The number of H-pyrrole nitrogens is 1. The highest BCUT2D eigenvalue weighted by Crippen LogP contribution is 2.36. The Hall–Kier alpha value is -6.65. The molecule has 15 nitrogen and oxygen atoms in total. The van der Waals surface area contributed by atoms with E-state index < -0.39 is 33.5 Å². The van der Waals surface area contributed by atoms with Gasteiger partial charge in [-0.2, -0.15) is 0 Å². The molecule has 2 heterocycles. The molecule has 8 N–H and O–H groups in total. The zero-order valence-corrected chi connectivity index (χ0v) is 33.6. The van der Waals surface area contributed by atoms with E-state index in [0.29, 0.717) is 56.5 Å². The molecular weight excluding hydrogens is 777 g/mol. The van der Waals surface area contributed by atoms with Crippen LogP contribution in [-0.4, -0.2) is 60.9 Å². The van der Waals surface area contributed by atoms with Gasteiger partial charge < -0.3 is 46.4 Å². The molecule has 308 valence electrons. The van der Waals surface area contributed by atoms with Gasteiger partial charge in [0.2, 0.25) is 15.4 Å². The first-order chi connectivity index (χ1) is 28.3. The minimum atomic E-state index is -4.26. The molecule has 0 aliphatic rings. The fraction of sp³-hybridized carbons (Fsp3) is 0.256. The number of carbonyl (C=O) groups is 2. The van der Waals surface area contributed by atoms with E-state index in [9.17, 15) is 33.0 Å². The Labute approximate surface area is 340 Å². The van der Waals surface area contributed by atoms with Crippen LogP contribution in [-0.2, 0) is 21.1 Å². The van der Waals surface area contributed by atoms with Crippen LogP contribution in [0.2, 0.25) is 0 Å². The van der Waals surface area contributed by atoms with Gasteiger partial charge in [0, 0.05) is 53.6 Å². The lowest BCUT2D eigenvalue weighted by Crippen LogP contribution is -2.25. The number of unbranched alkanes of at least 4 members (excludes halogenated alkanes) is 3. The van der Waals surface area contributed by atoms with E-state index in [0.717, 1.165) is 19.3 Å². The number of aliphatic hydroxyl groups is 1. The summed E-state index contributed by atoms with van der Waals surface area (Å²) in [6.07, 6.45) is 3.20. The summed E-state index contributed by atoms with van der Waals surface area (Å²) in [4.78, 5) is 44.1. The molecule has 6 rings (SSSR count). The number of phenols is 1. The number of alkyl carbamates (subject to hydrolysis) is 1. The third-order valence-corrected chi connectivity index (χ3v) is 11.6. The van der Waals surface area contributed by atoms with Crippen LogP contribution in [0.4, 0.5) is 21.9 Å². The average Bonchev–Trinajstić information content (AvgIpc) is 3.22. The standard InChI is InChI=1S/C43H46N6O9S/c1-4-5-6-7-17-58-43(54)47-22-26-19-29(11-14-35(26)45-24-37(51)31-12-15-36(50)41-32(31)13-16-38(52)49-41)59(55,56)30-18-25(2)39-33(21-30)40(34(23-46-39)42(44)53)48-27-9-8-10-28(20-27)57-3/h8-16,18-21,23,37,45,50-51H,4-7,17,22,24H2,1-3H3,(H2,44,53)(H,46,48)(H,47,54)(H,49,52)/t37-/m0/s1. The Kier molecular flexibility index (Phi) is 13.0. The second-order valence-corrected chi connectivity index (χ2v) is 15.9. The molecule has 0 aliphatic heterocycles. The zero-order chi connectivity index (χ0) is 42.3. The quantitative estimate of drug-likeness (QED) is 0.0475.